The summed E-state index contributed by atoms with van der Waals surface area (Å²) in [5.74, 6) is 1.82. The van der Waals surface area contributed by atoms with Gasteiger partial charge in [-0.2, -0.15) is 0 Å². The number of ether oxygens (including phenoxy) is 2. The van der Waals surface area contributed by atoms with E-state index in [0.29, 0.717) is 30.6 Å². The highest BCUT2D eigenvalue weighted by atomic mass is 16.5. The third-order valence-electron chi connectivity index (χ3n) is 4.55. The van der Waals surface area contributed by atoms with Crippen LogP contribution in [0.3, 0.4) is 0 Å². The van der Waals surface area contributed by atoms with Crippen molar-refractivity contribution in [1.82, 2.24) is 15.1 Å². The van der Waals surface area contributed by atoms with Gasteiger partial charge in [-0.25, -0.2) is 0 Å². The van der Waals surface area contributed by atoms with Crippen molar-refractivity contribution in [2.24, 2.45) is 5.92 Å². The van der Waals surface area contributed by atoms with Gasteiger partial charge in [0.1, 0.15) is 6.10 Å². The lowest BCUT2D eigenvalue weighted by Crippen LogP contribution is -2.32. The zero-order valence-electron chi connectivity index (χ0n) is 13.0. The van der Waals surface area contributed by atoms with Crippen LogP contribution in [0.5, 0.6) is 11.8 Å². The molecule has 6 nitrogen and oxygen atoms in total. The summed E-state index contributed by atoms with van der Waals surface area (Å²) in [6, 6.07) is 3.47. The van der Waals surface area contributed by atoms with Gasteiger partial charge >= 0.3 is 0 Å². The van der Waals surface area contributed by atoms with Crippen LogP contribution in [0.1, 0.15) is 38.5 Å². The van der Waals surface area contributed by atoms with Gasteiger partial charge in [0.25, 0.3) is 0 Å². The summed E-state index contributed by atoms with van der Waals surface area (Å²) in [5, 5.41) is 7.85. The molecule has 2 heterocycles. The maximum atomic E-state index is 12.3. The lowest BCUT2D eigenvalue weighted by molar-refractivity contribution is -0.131. The maximum Gasteiger partial charge on any atom is 0.233 e. The van der Waals surface area contributed by atoms with Crippen molar-refractivity contribution in [1.29, 1.82) is 0 Å². The van der Waals surface area contributed by atoms with Crippen LogP contribution < -0.4 is 9.47 Å². The molecular weight excluding hydrogens is 282 g/mol. The number of amides is 1. The van der Waals surface area contributed by atoms with Gasteiger partial charge in [-0.1, -0.05) is 12.8 Å². The van der Waals surface area contributed by atoms with Crippen molar-refractivity contribution in [2.45, 2.75) is 44.6 Å². The molecule has 1 atom stereocenters. The summed E-state index contributed by atoms with van der Waals surface area (Å²) >= 11 is 0. The number of aromatic nitrogens is 2. The van der Waals surface area contributed by atoms with Crippen LogP contribution in [0, 0.1) is 5.92 Å². The van der Waals surface area contributed by atoms with Gasteiger partial charge in [0.05, 0.1) is 13.7 Å². The molecule has 1 aromatic heterocycles. The van der Waals surface area contributed by atoms with Gasteiger partial charge in [-0.15, -0.1) is 10.2 Å². The second-order valence-corrected chi connectivity index (χ2v) is 6.14. The summed E-state index contributed by atoms with van der Waals surface area (Å²) in [7, 11) is 1.55. The molecule has 1 saturated heterocycles. The molecule has 0 spiro atoms. The van der Waals surface area contributed by atoms with Crippen LogP contribution in [-0.4, -0.2) is 47.3 Å². The van der Waals surface area contributed by atoms with Crippen LogP contribution in [0.25, 0.3) is 0 Å². The average molecular weight is 305 g/mol. The fourth-order valence-corrected chi connectivity index (χ4v) is 3.29. The average Bonchev–Trinajstić information content (AvgIpc) is 3.20. The maximum absolute atomic E-state index is 12.3. The van der Waals surface area contributed by atoms with E-state index in [2.05, 4.69) is 10.2 Å². The van der Waals surface area contributed by atoms with E-state index in [0.717, 1.165) is 13.0 Å². The quantitative estimate of drug-likeness (QED) is 0.833. The fraction of sp³-hybridized carbons (Fsp3) is 0.688. The highest BCUT2D eigenvalue weighted by molar-refractivity contribution is 5.76. The van der Waals surface area contributed by atoms with Gasteiger partial charge in [-0.3, -0.25) is 4.79 Å². The van der Waals surface area contributed by atoms with E-state index >= 15 is 0 Å². The van der Waals surface area contributed by atoms with Crippen LogP contribution >= 0.6 is 0 Å². The lowest BCUT2D eigenvalue weighted by Gasteiger charge is -2.18. The normalized spacial score (nSPS) is 22.0. The van der Waals surface area contributed by atoms with E-state index in [1.807, 2.05) is 4.90 Å². The van der Waals surface area contributed by atoms with E-state index in [-0.39, 0.29) is 12.0 Å². The Morgan fingerprint density at radius 2 is 1.95 bits per heavy atom. The first kappa shape index (κ1) is 15.1. The number of nitrogens with zero attached hydrogens (tertiary/aromatic N) is 3. The predicted octanol–water partition coefficient (Wildman–Crippen LogP) is 2.05. The fourth-order valence-electron chi connectivity index (χ4n) is 3.29. The van der Waals surface area contributed by atoms with Gasteiger partial charge in [0, 0.05) is 31.5 Å². The molecule has 2 fully saturated rings. The zero-order valence-corrected chi connectivity index (χ0v) is 13.0. The van der Waals surface area contributed by atoms with Gasteiger partial charge in [0.2, 0.25) is 17.7 Å². The van der Waals surface area contributed by atoms with E-state index < -0.39 is 0 Å². The smallest absolute Gasteiger partial charge is 0.233 e. The van der Waals surface area contributed by atoms with Crippen LogP contribution in [0.4, 0.5) is 0 Å². The van der Waals surface area contributed by atoms with E-state index in [9.17, 15) is 4.79 Å². The number of likely N-dealkylation sites (tertiary alicyclic amines) is 1. The van der Waals surface area contributed by atoms with Crippen molar-refractivity contribution >= 4 is 5.91 Å². The monoisotopic (exact) mass is 305 g/mol. The van der Waals surface area contributed by atoms with Crippen LogP contribution in [0.15, 0.2) is 12.1 Å². The molecule has 1 aromatic rings. The van der Waals surface area contributed by atoms with Crippen molar-refractivity contribution < 1.29 is 14.3 Å². The molecule has 0 radical (unpaired) electrons. The highest BCUT2D eigenvalue weighted by Crippen LogP contribution is 2.28. The molecule has 2 aliphatic rings. The molecule has 1 saturated carbocycles. The van der Waals surface area contributed by atoms with Crippen molar-refractivity contribution in [3.63, 3.8) is 0 Å². The third kappa shape index (κ3) is 3.67. The Hall–Kier alpha value is -1.85. The number of hydrogen-bond donors (Lipinski definition) is 0. The molecule has 1 unspecified atom stereocenters. The van der Waals surface area contributed by atoms with Crippen LogP contribution in [-0.2, 0) is 4.79 Å². The van der Waals surface area contributed by atoms with Crippen LogP contribution in [0.2, 0.25) is 0 Å². The van der Waals surface area contributed by atoms with Crippen molar-refractivity contribution in [3.8, 4) is 11.8 Å². The molecule has 1 aliphatic heterocycles. The molecule has 0 aromatic carbocycles. The predicted molar refractivity (Wildman–Crippen MR) is 80.8 cm³/mol. The molecule has 120 valence electrons. The molecular formula is C16H23N3O3. The highest BCUT2D eigenvalue weighted by Gasteiger charge is 2.29. The number of methoxy groups -OCH3 is 1. The minimum Gasteiger partial charge on any atom is -0.480 e. The van der Waals surface area contributed by atoms with E-state index in [4.69, 9.17) is 9.47 Å². The van der Waals surface area contributed by atoms with Gasteiger partial charge in [-0.05, 0) is 18.8 Å². The Bertz CT molecular complexity index is 500. The Kier molecular flexibility index (Phi) is 4.75. The summed E-state index contributed by atoms with van der Waals surface area (Å²) in [6.45, 7) is 1.43. The second-order valence-electron chi connectivity index (χ2n) is 6.14. The summed E-state index contributed by atoms with van der Waals surface area (Å²) in [4.78, 5) is 14.2. The topological polar surface area (TPSA) is 64.6 Å². The SMILES string of the molecule is COc1ccc(OC2CCN(C(=O)CC3CCCC3)C2)nn1. The number of hydrogen-bond acceptors (Lipinski definition) is 5. The Morgan fingerprint density at radius 1 is 1.23 bits per heavy atom. The minimum atomic E-state index is 0.00947. The number of rotatable bonds is 5. The molecule has 6 heteroatoms. The molecule has 3 rings (SSSR count). The molecule has 0 bridgehead atoms. The molecule has 22 heavy (non-hydrogen) atoms. The first-order valence-electron chi connectivity index (χ1n) is 8.07. The van der Waals surface area contributed by atoms with E-state index in [1.165, 1.54) is 25.7 Å². The Morgan fingerprint density at radius 3 is 2.64 bits per heavy atom. The second kappa shape index (κ2) is 6.94. The zero-order chi connectivity index (χ0) is 15.4. The van der Waals surface area contributed by atoms with Gasteiger partial charge < -0.3 is 14.4 Å². The first-order chi connectivity index (χ1) is 10.7. The Balaban J connectivity index is 1.47. The summed E-state index contributed by atoms with van der Waals surface area (Å²) in [6.07, 6.45) is 6.54. The first-order valence-corrected chi connectivity index (χ1v) is 8.07. The Labute approximate surface area is 130 Å². The molecule has 0 N–H and O–H groups in total. The van der Waals surface area contributed by atoms with Crippen molar-refractivity contribution in [2.75, 3.05) is 20.2 Å². The van der Waals surface area contributed by atoms with Gasteiger partial charge in [0.15, 0.2) is 0 Å². The summed E-state index contributed by atoms with van der Waals surface area (Å²) in [5.41, 5.74) is 0. The largest absolute Gasteiger partial charge is 0.480 e. The lowest BCUT2D eigenvalue weighted by atomic mass is 10.0. The third-order valence-corrected chi connectivity index (χ3v) is 4.55. The van der Waals surface area contributed by atoms with E-state index in [1.54, 1.807) is 19.2 Å². The standard InChI is InChI=1S/C16H23N3O3/c1-21-14-6-7-15(18-17-14)22-13-8-9-19(11-13)16(20)10-12-4-2-3-5-12/h6-7,12-13H,2-5,8-11H2,1H3. The molecule has 1 amide bonds. The number of carbonyl (C=O) groups excluding carboxylic acids is 1. The molecule has 1 aliphatic carbocycles. The minimum absolute atomic E-state index is 0.00947. The summed E-state index contributed by atoms with van der Waals surface area (Å²) < 4.78 is 10.8. The van der Waals surface area contributed by atoms with Crippen molar-refractivity contribution in [3.05, 3.63) is 12.1 Å². The number of carbonyl (C=O) groups is 1.